The van der Waals surface area contributed by atoms with Crippen molar-refractivity contribution in [2.45, 2.75) is 46.5 Å². The van der Waals surface area contributed by atoms with Crippen LogP contribution >= 0.6 is 0 Å². The second-order valence-electron chi connectivity index (χ2n) is 10.1. The second-order valence-corrected chi connectivity index (χ2v) is 10.1. The third-order valence-corrected chi connectivity index (χ3v) is 7.00. The fraction of sp³-hybridized carbons (Fsp3) is 0.367. The van der Waals surface area contributed by atoms with E-state index in [1.807, 2.05) is 48.1 Å². The zero-order chi connectivity index (χ0) is 26.8. The van der Waals surface area contributed by atoms with Gasteiger partial charge in [-0.1, -0.05) is 26.0 Å². The average molecular weight is 509 g/mol. The van der Waals surface area contributed by atoms with Crippen molar-refractivity contribution in [3.8, 4) is 22.9 Å². The van der Waals surface area contributed by atoms with Crippen LogP contribution in [0.25, 0.3) is 27.8 Å². The average Bonchev–Trinajstić information content (AvgIpc) is 3.33. The first-order chi connectivity index (χ1) is 18.4. The van der Waals surface area contributed by atoms with Crippen LogP contribution in [0, 0.1) is 24.2 Å². The van der Waals surface area contributed by atoms with E-state index < -0.39 is 5.97 Å². The molecule has 0 unspecified atom stereocenters. The highest BCUT2D eigenvalue weighted by Crippen LogP contribution is 2.36. The van der Waals surface area contributed by atoms with Crippen LogP contribution in [-0.4, -0.2) is 45.4 Å². The Kier molecular flexibility index (Phi) is 7.10. The lowest BCUT2D eigenvalue weighted by atomic mass is 9.97. The molecular formula is C30H32N6O2. The Bertz CT molecular complexity index is 1510. The predicted octanol–water partition coefficient (Wildman–Crippen LogP) is 5.83. The van der Waals surface area contributed by atoms with Crippen LogP contribution in [0.3, 0.4) is 0 Å². The van der Waals surface area contributed by atoms with Gasteiger partial charge in [0.05, 0.1) is 29.4 Å². The zero-order valence-electron chi connectivity index (χ0n) is 22.3. The highest BCUT2D eigenvalue weighted by molar-refractivity contribution is 6.00. The number of ether oxygens (including phenoxy) is 1. The Labute approximate surface area is 222 Å². The molecule has 4 heterocycles. The quantitative estimate of drug-likeness (QED) is 0.302. The van der Waals surface area contributed by atoms with E-state index in [9.17, 15) is 10.1 Å². The van der Waals surface area contributed by atoms with E-state index in [4.69, 9.17) is 19.8 Å². The van der Waals surface area contributed by atoms with Gasteiger partial charge in [-0.15, -0.1) is 0 Å². The molecule has 0 atom stereocenters. The van der Waals surface area contributed by atoms with Gasteiger partial charge in [-0.2, -0.15) is 10.4 Å². The van der Waals surface area contributed by atoms with Gasteiger partial charge in [0.1, 0.15) is 5.82 Å². The number of nitriles is 1. The Morgan fingerprint density at radius 1 is 1.18 bits per heavy atom. The monoisotopic (exact) mass is 508 g/mol. The van der Waals surface area contributed by atoms with Crippen molar-refractivity contribution in [1.82, 2.24) is 19.7 Å². The molecule has 1 aromatic carbocycles. The van der Waals surface area contributed by atoms with E-state index in [1.165, 1.54) is 0 Å². The molecule has 8 nitrogen and oxygen atoms in total. The number of esters is 1. The maximum absolute atomic E-state index is 12.9. The van der Waals surface area contributed by atoms with Crippen LogP contribution in [0.5, 0.6) is 0 Å². The molecule has 4 aromatic rings. The van der Waals surface area contributed by atoms with Gasteiger partial charge >= 0.3 is 5.97 Å². The molecule has 0 radical (unpaired) electrons. The van der Waals surface area contributed by atoms with Gasteiger partial charge in [0.15, 0.2) is 11.3 Å². The molecule has 3 aromatic heterocycles. The minimum Gasteiger partial charge on any atom is -0.461 e. The van der Waals surface area contributed by atoms with Gasteiger partial charge in [0.2, 0.25) is 0 Å². The van der Waals surface area contributed by atoms with Crippen molar-refractivity contribution in [1.29, 1.82) is 5.26 Å². The van der Waals surface area contributed by atoms with Gasteiger partial charge in [0, 0.05) is 30.8 Å². The molecular weight excluding hydrogens is 476 g/mol. The van der Waals surface area contributed by atoms with Crippen LogP contribution in [0.1, 0.15) is 61.3 Å². The fourth-order valence-electron chi connectivity index (χ4n) is 4.99. The summed E-state index contributed by atoms with van der Waals surface area (Å²) in [4.78, 5) is 24.6. The Morgan fingerprint density at radius 2 is 1.97 bits per heavy atom. The molecule has 38 heavy (non-hydrogen) atoms. The summed E-state index contributed by atoms with van der Waals surface area (Å²) in [5, 5.41) is 15.1. The molecule has 8 heteroatoms. The number of aryl methyl sites for hydroxylation is 1. The number of fused-ring (bicyclic) bond motifs is 1. The number of piperidine rings is 1. The summed E-state index contributed by atoms with van der Waals surface area (Å²) >= 11 is 0. The van der Waals surface area contributed by atoms with E-state index >= 15 is 0 Å². The Morgan fingerprint density at radius 3 is 2.61 bits per heavy atom. The minimum absolute atomic E-state index is 0.122. The highest BCUT2D eigenvalue weighted by atomic mass is 16.5. The largest absolute Gasteiger partial charge is 0.461 e. The molecule has 194 valence electrons. The molecule has 0 N–H and O–H groups in total. The van der Waals surface area contributed by atoms with E-state index in [2.05, 4.69) is 30.9 Å². The van der Waals surface area contributed by atoms with Crippen molar-refractivity contribution in [2.75, 3.05) is 24.6 Å². The lowest BCUT2D eigenvalue weighted by Gasteiger charge is -2.30. The molecule has 0 amide bonds. The molecule has 1 saturated heterocycles. The first kappa shape index (κ1) is 25.4. The number of anilines is 1. The third-order valence-electron chi connectivity index (χ3n) is 7.00. The van der Waals surface area contributed by atoms with Crippen molar-refractivity contribution in [3.05, 3.63) is 65.6 Å². The Balaban J connectivity index is 1.66. The summed E-state index contributed by atoms with van der Waals surface area (Å²) in [6.07, 6.45) is 3.55. The van der Waals surface area contributed by atoms with Gasteiger partial charge in [0.25, 0.3) is 0 Å². The van der Waals surface area contributed by atoms with Crippen molar-refractivity contribution < 1.29 is 9.53 Å². The van der Waals surface area contributed by atoms with Crippen LogP contribution in [0.15, 0.2) is 48.7 Å². The molecule has 0 saturated carbocycles. The topological polar surface area (TPSA) is 96.9 Å². The number of hydrogen-bond donors (Lipinski definition) is 0. The highest BCUT2D eigenvalue weighted by Gasteiger charge is 2.24. The standard InChI is InChI=1S/C30H32N6O2/c1-5-38-30(37)25-16-24(22-9-10-26(32-18-22)35-13-11-21(17-31)12-14-35)27-28(19(2)3)34-36(29(27)33-25)23-8-6-7-20(4)15-23/h6-10,15-16,18-19,21H,5,11-14H2,1-4H3. The second kappa shape index (κ2) is 10.6. The van der Waals surface area contributed by atoms with Gasteiger partial charge < -0.3 is 9.64 Å². The molecule has 1 aliphatic heterocycles. The van der Waals surface area contributed by atoms with Crippen molar-refractivity contribution in [3.63, 3.8) is 0 Å². The number of carbonyl (C=O) groups is 1. The third kappa shape index (κ3) is 4.84. The molecule has 5 rings (SSSR count). The molecule has 0 spiro atoms. The first-order valence-corrected chi connectivity index (χ1v) is 13.2. The van der Waals surface area contributed by atoms with E-state index in [0.29, 0.717) is 5.65 Å². The van der Waals surface area contributed by atoms with E-state index in [-0.39, 0.29) is 24.1 Å². The number of nitrogens with zero attached hydrogens (tertiary/aromatic N) is 6. The van der Waals surface area contributed by atoms with Gasteiger partial charge in [-0.05, 0) is 74.1 Å². The summed E-state index contributed by atoms with van der Waals surface area (Å²) < 4.78 is 7.15. The number of hydrogen-bond acceptors (Lipinski definition) is 7. The summed E-state index contributed by atoms with van der Waals surface area (Å²) in [6.45, 7) is 9.94. The number of rotatable bonds is 6. The van der Waals surface area contributed by atoms with Crippen LogP contribution in [0.2, 0.25) is 0 Å². The lowest BCUT2D eigenvalue weighted by molar-refractivity contribution is 0.0520. The van der Waals surface area contributed by atoms with Crippen molar-refractivity contribution >= 4 is 22.8 Å². The maximum atomic E-state index is 12.9. The smallest absolute Gasteiger partial charge is 0.357 e. The summed E-state index contributed by atoms with van der Waals surface area (Å²) in [7, 11) is 0. The fourth-order valence-corrected chi connectivity index (χ4v) is 4.99. The maximum Gasteiger partial charge on any atom is 0.357 e. The number of benzene rings is 1. The summed E-state index contributed by atoms with van der Waals surface area (Å²) in [5.74, 6) is 0.673. The van der Waals surface area contributed by atoms with Gasteiger partial charge in [-0.3, -0.25) is 0 Å². The Hall–Kier alpha value is -4.25. The summed E-state index contributed by atoms with van der Waals surface area (Å²) in [6, 6.07) is 16.3. The van der Waals surface area contributed by atoms with Crippen LogP contribution < -0.4 is 4.90 Å². The van der Waals surface area contributed by atoms with Crippen LogP contribution in [0.4, 0.5) is 5.82 Å². The molecule has 1 fully saturated rings. The molecule has 0 bridgehead atoms. The number of pyridine rings is 2. The van der Waals surface area contributed by atoms with Crippen molar-refractivity contribution in [2.24, 2.45) is 5.92 Å². The summed E-state index contributed by atoms with van der Waals surface area (Å²) in [5.41, 5.74) is 5.48. The predicted molar refractivity (Wildman–Crippen MR) is 147 cm³/mol. The number of aromatic nitrogens is 4. The van der Waals surface area contributed by atoms with E-state index in [1.54, 1.807) is 13.0 Å². The first-order valence-electron chi connectivity index (χ1n) is 13.2. The normalized spacial score (nSPS) is 14.2. The van der Waals surface area contributed by atoms with Gasteiger partial charge in [-0.25, -0.2) is 19.4 Å². The minimum atomic E-state index is -0.469. The molecule has 0 aliphatic carbocycles. The lowest BCUT2D eigenvalue weighted by Crippen LogP contribution is -2.33. The SMILES string of the molecule is CCOC(=O)c1cc(-c2ccc(N3CCC(C#N)CC3)nc2)c2c(C(C)C)nn(-c3cccc(C)c3)c2n1. The number of carbonyl (C=O) groups excluding carboxylic acids is 1. The van der Waals surface area contributed by atoms with Crippen LogP contribution in [-0.2, 0) is 4.74 Å². The van der Waals surface area contributed by atoms with E-state index in [0.717, 1.165) is 65.2 Å². The molecule has 1 aliphatic rings. The zero-order valence-corrected chi connectivity index (χ0v) is 22.3.